The third-order valence-electron chi connectivity index (χ3n) is 3.48. The highest BCUT2D eigenvalue weighted by molar-refractivity contribution is 6.09. The van der Waals surface area contributed by atoms with Gasteiger partial charge in [0.05, 0.1) is 5.69 Å². The lowest BCUT2D eigenvalue weighted by atomic mass is 10.0. The maximum Gasteiger partial charge on any atom is 0.209 e. The second-order valence-corrected chi connectivity index (χ2v) is 5.30. The van der Waals surface area contributed by atoms with E-state index in [2.05, 4.69) is 0 Å². The molecule has 0 bridgehead atoms. The number of ketones is 2. The average Bonchev–Trinajstić information content (AvgIpc) is 2.64. The fourth-order valence-electron chi connectivity index (χ4n) is 2.42. The Labute approximate surface area is 119 Å². The Morgan fingerprint density at radius 3 is 2.25 bits per heavy atom. The summed E-state index contributed by atoms with van der Waals surface area (Å²) in [5, 5.41) is 0. The number of rotatable bonds is 4. The van der Waals surface area contributed by atoms with E-state index in [0.29, 0.717) is 17.7 Å². The zero-order valence-corrected chi connectivity index (χ0v) is 12.4. The molecule has 0 aliphatic heterocycles. The van der Waals surface area contributed by atoms with Crippen LogP contribution in [0.5, 0.6) is 0 Å². The first-order chi connectivity index (χ1) is 9.40. The van der Waals surface area contributed by atoms with Gasteiger partial charge in [-0.1, -0.05) is 29.8 Å². The normalized spacial score (nSPS) is 10.6. The van der Waals surface area contributed by atoms with E-state index < -0.39 is 0 Å². The van der Waals surface area contributed by atoms with Gasteiger partial charge in [0.15, 0.2) is 0 Å². The van der Waals surface area contributed by atoms with Crippen LogP contribution in [0.15, 0.2) is 30.3 Å². The summed E-state index contributed by atoms with van der Waals surface area (Å²) in [5.74, 6) is 0.0970. The summed E-state index contributed by atoms with van der Waals surface area (Å²) in [6, 6.07) is 9.47. The van der Waals surface area contributed by atoms with Crippen molar-refractivity contribution >= 4 is 11.6 Å². The fraction of sp³-hybridized carbons (Fsp3) is 0.294. The molecule has 0 unspecified atom stereocenters. The van der Waals surface area contributed by atoms with Crippen LogP contribution < -0.4 is 0 Å². The van der Waals surface area contributed by atoms with Crippen molar-refractivity contribution in [1.29, 1.82) is 0 Å². The zero-order valence-electron chi connectivity index (χ0n) is 12.4. The summed E-state index contributed by atoms with van der Waals surface area (Å²) < 4.78 is 1.83. The largest absolute Gasteiger partial charge is 0.344 e. The number of aryl methyl sites for hydroxylation is 2. The van der Waals surface area contributed by atoms with E-state index in [1.807, 2.05) is 55.8 Å². The van der Waals surface area contributed by atoms with Crippen molar-refractivity contribution in [3.05, 3.63) is 58.4 Å². The van der Waals surface area contributed by atoms with Crippen molar-refractivity contribution in [1.82, 2.24) is 4.57 Å². The van der Waals surface area contributed by atoms with Crippen molar-refractivity contribution in [2.45, 2.75) is 27.2 Å². The van der Waals surface area contributed by atoms with Crippen LogP contribution in [0.25, 0.3) is 0 Å². The highest BCUT2D eigenvalue weighted by Gasteiger charge is 2.18. The molecule has 1 aromatic carbocycles. The number of hydrogen-bond donors (Lipinski definition) is 0. The molecule has 2 aromatic rings. The van der Waals surface area contributed by atoms with Gasteiger partial charge in [0.1, 0.15) is 5.78 Å². The van der Waals surface area contributed by atoms with E-state index in [0.717, 1.165) is 16.8 Å². The molecule has 2 rings (SSSR count). The van der Waals surface area contributed by atoms with E-state index in [-0.39, 0.29) is 11.6 Å². The Balaban J connectivity index is 2.42. The maximum absolute atomic E-state index is 12.6. The standard InChI is InChI=1S/C17H19NO2/c1-11-5-7-14(8-6-11)17(20)16-12(2)9-15(18(16)4)10-13(3)19/h5-9H,10H2,1-4H3. The molecule has 20 heavy (non-hydrogen) atoms. The van der Waals surface area contributed by atoms with Gasteiger partial charge in [-0.25, -0.2) is 0 Å². The minimum atomic E-state index is -0.000183. The van der Waals surface area contributed by atoms with Gasteiger partial charge in [-0.05, 0) is 32.4 Å². The molecule has 0 aliphatic rings. The Hall–Kier alpha value is -2.16. The molecule has 0 amide bonds. The van der Waals surface area contributed by atoms with Crippen molar-refractivity contribution in [3.63, 3.8) is 0 Å². The van der Waals surface area contributed by atoms with Gasteiger partial charge >= 0.3 is 0 Å². The van der Waals surface area contributed by atoms with Crippen LogP contribution in [-0.2, 0) is 18.3 Å². The van der Waals surface area contributed by atoms with Crippen molar-refractivity contribution in [2.24, 2.45) is 7.05 Å². The predicted molar refractivity (Wildman–Crippen MR) is 79.1 cm³/mol. The number of aromatic nitrogens is 1. The Morgan fingerprint density at radius 1 is 1.10 bits per heavy atom. The van der Waals surface area contributed by atoms with Crippen LogP contribution in [0.3, 0.4) is 0 Å². The van der Waals surface area contributed by atoms with E-state index in [1.54, 1.807) is 6.92 Å². The molecule has 0 fully saturated rings. The third kappa shape index (κ3) is 2.72. The van der Waals surface area contributed by atoms with Gasteiger partial charge in [0.25, 0.3) is 0 Å². The SMILES string of the molecule is CC(=O)Cc1cc(C)c(C(=O)c2ccc(C)cc2)n1C. The topological polar surface area (TPSA) is 39.1 Å². The van der Waals surface area contributed by atoms with Gasteiger partial charge in [0, 0.05) is 24.7 Å². The van der Waals surface area contributed by atoms with Crippen LogP contribution in [0.4, 0.5) is 0 Å². The maximum atomic E-state index is 12.6. The van der Waals surface area contributed by atoms with E-state index in [1.165, 1.54) is 0 Å². The number of nitrogens with zero attached hydrogens (tertiary/aromatic N) is 1. The smallest absolute Gasteiger partial charge is 0.209 e. The van der Waals surface area contributed by atoms with Crippen molar-refractivity contribution in [2.75, 3.05) is 0 Å². The number of Topliss-reactive ketones (excluding diaryl/α,β-unsaturated/α-hetero) is 1. The first-order valence-corrected chi connectivity index (χ1v) is 6.66. The van der Waals surface area contributed by atoms with Gasteiger partial charge < -0.3 is 4.57 Å². The average molecular weight is 269 g/mol. The highest BCUT2D eigenvalue weighted by Crippen LogP contribution is 2.19. The molecule has 0 N–H and O–H groups in total. The molecule has 1 aromatic heterocycles. The van der Waals surface area contributed by atoms with Crippen LogP contribution >= 0.6 is 0 Å². The highest BCUT2D eigenvalue weighted by atomic mass is 16.1. The van der Waals surface area contributed by atoms with E-state index >= 15 is 0 Å². The fourth-order valence-corrected chi connectivity index (χ4v) is 2.42. The molecule has 3 heteroatoms. The van der Waals surface area contributed by atoms with Gasteiger partial charge in [0.2, 0.25) is 5.78 Å². The van der Waals surface area contributed by atoms with Gasteiger partial charge in [-0.3, -0.25) is 9.59 Å². The molecule has 0 saturated carbocycles. The molecule has 3 nitrogen and oxygen atoms in total. The molecule has 0 atom stereocenters. The number of carbonyl (C=O) groups is 2. The summed E-state index contributed by atoms with van der Waals surface area (Å²) in [5.41, 5.74) is 4.25. The van der Waals surface area contributed by atoms with Crippen LogP contribution in [0, 0.1) is 13.8 Å². The molecular formula is C17H19NO2. The van der Waals surface area contributed by atoms with Crippen molar-refractivity contribution in [3.8, 4) is 0 Å². The van der Waals surface area contributed by atoms with E-state index in [4.69, 9.17) is 0 Å². The lowest BCUT2D eigenvalue weighted by molar-refractivity contribution is -0.116. The molecule has 0 spiro atoms. The Morgan fingerprint density at radius 2 is 1.70 bits per heavy atom. The van der Waals surface area contributed by atoms with Crippen molar-refractivity contribution < 1.29 is 9.59 Å². The molecular weight excluding hydrogens is 250 g/mol. The molecule has 0 radical (unpaired) electrons. The summed E-state index contributed by atoms with van der Waals surface area (Å²) in [6.45, 7) is 5.46. The lowest BCUT2D eigenvalue weighted by Crippen LogP contribution is -2.11. The predicted octanol–water partition coefficient (Wildman–Crippen LogP) is 3.00. The second-order valence-electron chi connectivity index (χ2n) is 5.30. The lowest BCUT2D eigenvalue weighted by Gasteiger charge is -2.07. The van der Waals surface area contributed by atoms with Crippen LogP contribution in [-0.4, -0.2) is 16.1 Å². The minimum absolute atomic E-state index is 0.000183. The molecule has 0 aliphatic carbocycles. The summed E-state index contributed by atoms with van der Waals surface area (Å²) >= 11 is 0. The molecule has 0 saturated heterocycles. The number of benzene rings is 1. The Kier molecular flexibility index (Phi) is 3.89. The number of carbonyl (C=O) groups excluding carboxylic acids is 2. The van der Waals surface area contributed by atoms with Gasteiger partial charge in [-0.2, -0.15) is 0 Å². The molecule has 1 heterocycles. The van der Waals surface area contributed by atoms with Crippen LogP contribution in [0.2, 0.25) is 0 Å². The summed E-state index contributed by atoms with van der Waals surface area (Å²) in [4.78, 5) is 23.9. The zero-order chi connectivity index (χ0) is 14.9. The first-order valence-electron chi connectivity index (χ1n) is 6.66. The molecule has 104 valence electrons. The summed E-state index contributed by atoms with van der Waals surface area (Å²) in [7, 11) is 1.84. The van der Waals surface area contributed by atoms with Crippen LogP contribution in [0.1, 0.15) is 39.8 Å². The van der Waals surface area contributed by atoms with E-state index in [9.17, 15) is 9.59 Å². The van der Waals surface area contributed by atoms with Gasteiger partial charge in [-0.15, -0.1) is 0 Å². The quantitative estimate of drug-likeness (QED) is 0.800. The Bertz CT molecular complexity index is 663. The first kappa shape index (κ1) is 14.3. The second kappa shape index (κ2) is 5.45. The third-order valence-corrected chi connectivity index (χ3v) is 3.48. The minimum Gasteiger partial charge on any atom is -0.344 e. The summed E-state index contributed by atoms with van der Waals surface area (Å²) in [6.07, 6.45) is 0.360. The monoisotopic (exact) mass is 269 g/mol. The number of hydrogen-bond acceptors (Lipinski definition) is 2.